The summed E-state index contributed by atoms with van der Waals surface area (Å²) < 4.78 is 16.0. The van der Waals surface area contributed by atoms with E-state index in [0.29, 0.717) is 18.0 Å². The number of hydrogen-bond acceptors (Lipinski definition) is 7. The van der Waals surface area contributed by atoms with Gasteiger partial charge in [0.2, 0.25) is 5.82 Å². The minimum Gasteiger partial charge on any atom is -0.482 e. The summed E-state index contributed by atoms with van der Waals surface area (Å²) in [5.41, 5.74) is 2.88. The summed E-state index contributed by atoms with van der Waals surface area (Å²) in [6.45, 7) is -0.337. The topological polar surface area (TPSA) is 87.3 Å². The molecule has 0 amide bonds. The molecule has 0 saturated heterocycles. The van der Waals surface area contributed by atoms with Gasteiger partial charge in [-0.3, -0.25) is 4.98 Å². The minimum absolute atomic E-state index is 0.124. The van der Waals surface area contributed by atoms with Crippen LogP contribution in [-0.4, -0.2) is 27.7 Å². The molecule has 4 rings (SSSR count). The molecule has 0 radical (unpaired) electrons. The van der Waals surface area contributed by atoms with E-state index in [1.807, 2.05) is 48.5 Å². The molecule has 0 aliphatic heterocycles. The second-order valence-electron chi connectivity index (χ2n) is 6.47. The Labute approximate surface area is 173 Å². The van der Waals surface area contributed by atoms with E-state index in [1.165, 1.54) is 0 Å². The first-order chi connectivity index (χ1) is 14.8. The van der Waals surface area contributed by atoms with E-state index in [-0.39, 0.29) is 19.1 Å². The molecule has 2 heterocycles. The number of carbonyl (C=O) groups excluding carboxylic acids is 1. The van der Waals surface area contributed by atoms with Crippen molar-refractivity contribution in [3.8, 4) is 17.1 Å². The number of aromatic nitrogens is 3. The highest BCUT2D eigenvalue weighted by atomic mass is 16.6. The van der Waals surface area contributed by atoms with Crippen LogP contribution in [0.1, 0.15) is 17.0 Å². The molecular weight excluding hydrogens is 382 g/mol. The fourth-order valence-corrected chi connectivity index (χ4v) is 2.85. The van der Waals surface area contributed by atoms with Crippen molar-refractivity contribution in [1.82, 2.24) is 15.1 Å². The Morgan fingerprint density at radius 3 is 2.63 bits per heavy atom. The number of pyridine rings is 1. The Kier molecular flexibility index (Phi) is 6.10. The van der Waals surface area contributed by atoms with Crippen molar-refractivity contribution < 1.29 is 18.8 Å². The van der Waals surface area contributed by atoms with Crippen LogP contribution in [-0.2, 0) is 22.6 Å². The standard InChI is InChI=1S/C23H19N3O4/c27-22(29-15-21-25-23(26-30-21)19-10-6-12-24-14-19)16-28-20-11-5-4-9-18(20)13-17-7-2-1-3-8-17/h1-12,14H,13,15-16H2. The van der Waals surface area contributed by atoms with E-state index in [2.05, 4.69) is 27.3 Å². The van der Waals surface area contributed by atoms with Crippen LogP contribution >= 0.6 is 0 Å². The van der Waals surface area contributed by atoms with Gasteiger partial charge < -0.3 is 14.0 Å². The second-order valence-corrected chi connectivity index (χ2v) is 6.47. The fourth-order valence-electron chi connectivity index (χ4n) is 2.85. The third-order valence-electron chi connectivity index (χ3n) is 4.30. The quantitative estimate of drug-likeness (QED) is 0.415. The summed E-state index contributed by atoms with van der Waals surface area (Å²) in [4.78, 5) is 20.3. The average Bonchev–Trinajstić information content (AvgIpc) is 3.28. The largest absolute Gasteiger partial charge is 0.482 e. The molecule has 7 heteroatoms. The van der Waals surface area contributed by atoms with E-state index in [0.717, 1.165) is 16.7 Å². The van der Waals surface area contributed by atoms with E-state index in [1.54, 1.807) is 18.5 Å². The monoisotopic (exact) mass is 401 g/mol. The minimum atomic E-state index is -0.523. The van der Waals surface area contributed by atoms with Gasteiger partial charge in [0.15, 0.2) is 13.2 Å². The Morgan fingerprint density at radius 1 is 0.967 bits per heavy atom. The molecular formula is C23H19N3O4. The van der Waals surface area contributed by atoms with Crippen LogP contribution in [0.2, 0.25) is 0 Å². The Balaban J connectivity index is 1.30. The van der Waals surface area contributed by atoms with Crippen LogP contribution < -0.4 is 4.74 Å². The van der Waals surface area contributed by atoms with Crippen molar-refractivity contribution in [2.45, 2.75) is 13.0 Å². The molecule has 30 heavy (non-hydrogen) atoms. The first kappa shape index (κ1) is 19.3. The van der Waals surface area contributed by atoms with Gasteiger partial charge in [0.25, 0.3) is 5.89 Å². The van der Waals surface area contributed by atoms with E-state index < -0.39 is 5.97 Å². The number of esters is 1. The first-order valence-electron chi connectivity index (χ1n) is 9.41. The van der Waals surface area contributed by atoms with E-state index >= 15 is 0 Å². The van der Waals surface area contributed by atoms with Gasteiger partial charge in [0.1, 0.15) is 5.75 Å². The van der Waals surface area contributed by atoms with Crippen molar-refractivity contribution in [3.05, 3.63) is 96.1 Å². The average molecular weight is 401 g/mol. The van der Waals surface area contributed by atoms with Crippen LogP contribution in [0.15, 0.2) is 83.6 Å². The second kappa shape index (κ2) is 9.47. The van der Waals surface area contributed by atoms with E-state index in [4.69, 9.17) is 14.0 Å². The lowest BCUT2D eigenvalue weighted by molar-refractivity contribution is -0.148. The SMILES string of the molecule is O=C(COc1ccccc1Cc1ccccc1)OCc1nc(-c2cccnc2)no1. The summed E-state index contributed by atoms with van der Waals surface area (Å²) in [6.07, 6.45) is 4.00. The zero-order valence-electron chi connectivity index (χ0n) is 16.1. The Bertz CT molecular complexity index is 1100. The molecule has 0 spiro atoms. The lowest BCUT2D eigenvalue weighted by atomic mass is 10.0. The molecule has 0 N–H and O–H groups in total. The molecule has 0 aliphatic carbocycles. The summed E-state index contributed by atoms with van der Waals surface area (Å²) in [7, 11) is 0. The highest BCUT2D eigenvalue weighted by molar-refractivity contribution is 5.71. The molecule has 0 saturated carbocycles. The molecule has 2 aromatic heterocycles. The normalized spacial score (nSPS) is 10.5. The molecule has 0 aliphatic rings. The van der Waals surface area contributed by atoms with Crippen molar-refractivity contribution in [2.24, 2.45) is 0 Å². The van der Waals surface area contributed by atoms with Gasteiger partial charge in [-0.05, 0) is 29.3 Å². The molecule has 0 bridgehead atoms. The smallest absolute Gasteiger partial charge is 0.344 e. The number of nitrogens with zero attached hydrogens (tertiary/aromatic N) is 3. The van der Waals surface area contributed by atoms with Gasteiger partial charge in [-0.2, -0.15) is 4.98 Å². The van der Waals surface area contributed by atoms with Crippen LogP contribution in [0, 0.1) is 0 Å². The maximum Gasteiger partial charge on any atom is 0.344 e. The van der Waals surface area contributed by atoms with Crippen molar-refractivity contribution in [3.63, 3.8) is 0 Å². The fraction of sp³-hybridized carbons (Fsp3) is 0.130. The predicted molar refractivity (Wildman–Crippen MR) is 109 cm³/mol. The number of ether oxygens (including phenoxy) is 2. The van der Waals surface area contributed by atoms with Gasteiger partial charge in [-0.15, -0.1) is 0 Å². The number of hydrogen-bond donors (Lipinski definition) is 0. The van der Waals surface area contributed by atoms with Crippen molar-refractivity contribution in [1.29, 1.82) is 0 Å². The van der Waals surface area contributed by atoms with Gasteiger partial charge in [0.05, 0.1) is 0 Å². The van der Waals surface area contributed by atoms with Gasteiger partial charge >= 0.3 is 5.97 Å². The summed E-state index contributed by atoms with van der Waals surface area (Å²) >= 11 is 0. The van der Waals surface area contributed by atoms with Crippen molar-refractivity contribution >= 4 is 5.97 Å². The van der Waals surface area contributed by atoms with Gasteiger partial charge in [0, 0.05) is 24.4 Å². The van der Waals surface area contributed by atoms with Crippen LogP contribution in [0.3, 0.4) is 0 Å². The first-order valence-corrected chi connectivity index (χ1v) is 9.41. The van der Waals surface area contributed by atoms with Crippen LogP contribution in [0.5, 0.6) is 5.75 Å². The summed E-state index contributed by atoms with van der Waals surface area (Å²) in [5, 5.41) is 3.86. The maximum atomic E-state index is 12.1. The van der Waals surface area contributed by atoms with Crippen LogP contribution in [0.4, 0.5) is 0 Å². The molecule has 0 fully saturated rings. The number of rotatable bonds is 8. The molecule has 150 valence electrons. The number of benzene rings is 2. The molecule has 0 atom stereocenters. The molecule has 2 aromatic carbocycles. The zero-order valence-corrected chi connectivity index (χ0v) is 16.1. The Morgan fingerprint density at radius 2 is 1.80 bits per heavy atom. The highest BCUT2D eigenvalue weighted by Crippen LogP contribution is 2.21. The maximum absolute atomic E-state index is 12.1. The number of carbonyl (C=O) groups is 1. The number of para-hydroxylation sites is 1. The van der Waals surface area contributed by atoms with Crippen molar-refractivity contribution in [2.75, 3.05) is 6.61 Å². The van der Waals surface area contributed by atoms with E-state index in [9.17, 15) is 4.79 Å². The highest BCUT2D eigenvalue weighted by Gasteiger charge is 2.12. The summed E-state index contributed by atoms with van der Waals surface area (Å²) in [5.74, 6) is 0.715. The van der Waals surface area contributed by atoms with Crippen LogP contribution in [0.25, 0.3) is 11.4 Å². The molecule has 4 aromatic rings. The molecule has 7 nitrogen and oxygen atoms in total. The summed E-state index contributed by atoms with van der Waals surface area (Å²) in [6, 6.07) is 21.3. The van der Waals surface area contributed by atoms with Gasteiger partial charge in [-0.1, -0.05) is 53.7 Å². The zero-order chi connectivity index (χ0) is 20.6. The lowest BCUT2D eigenvalue weighted by Crippen LogP contribution is -2.15. The third-order valence-corrected chi connectivity index (χ3v) is 4.30. The predicted octanol–water partition coefficient (Wildman–Crippen LogP) is 3.84. The third kappa shape index (κ3) is 5.08. The van der Waals surface area contributed by atoms with Gasteiger partial charge in [-0.25, -0.2) is 4.79 Å². The Hall–Kier alpha value is -4.00. The lowest BCUT2D eigenvalue weighted by Gasteiger charge is -2.11. The molecule has 0 unspecified atom stereocenters.